The van der Waals surface area contributed by atoms with Gasteiger partial charge in [0.2, 0.25) is 5.91 Å². The Morgan fingerprint density at radius 1 is 1.44 bits per heavy atom. The van der Waals surface area contributed by atoms with Gasteiger partial charge in [-0.1, -0.05) is 0 Å². The van der Waals surface area contributed by atoms with Gasteiger partial charge in [0, 0.05) is 33.1 Å². The number of fused-ring (bicyclic) bond motifs is 1. The summed E-state index contributed by atoms with van der Waals surface area (Å²) in [5, 5.41) is 0. The first-order chi connectivity index (χ1) is 8.65. The van der Waals surface area contributed by atoms with E-state index in [4.69, 9.17) is 9.47 Å². The first kappa shape index (κ1) is 12.9. The van der Waals surface area contributed by atoms with Crippen LogP contribution in [-0.2, 0) is 20.7 Å². The SMILES string of the molecule is COC(CN1C(=O)CCc2ncc(F)cc21)OC. The number of amides is 1. The van der Waals surface area contributed by atoms with Gasteiger partial charge in [-0.3, -0.25) is 9.78 Å². The highest BCUT2D eigenvalue weighted by Crippen LogP contribution is 2.27. The van der Waals surface area contributed by atoms with Gasteiger partial charge < -0.3 is 14.4 Å². The topological polar surface area (TPSA) is 51.7 Å². The molecule has 2 heterocycles. The van der Waals surface area contributed by atoms with Crippen LogP contribution in [0, 0.1) is 5.82 Å². The molecular weight excluding hydrogens is 239 g/mol. The quantitative estimate of drug-likeness (QED) is 0.755. The van der Waals surface area contributed by atoms with Crippen molar-refractivity contribution in [2.24, 2.45) is 0 Å². The minimum atomic E-state index is -0.539. The molecule has 98 valence electrons. The van der Waals surface area contributed by atoms with E-state index in [0.717, 1.165) is 11.9 Å². The summed E-state index contributed by atoms with van der Waals surface area (Å²) in [6, 6.07) is 1.32. The van der Waals surface area contributed by atoms with Crippen LogP contribution in [0.5, 0.6) is 0 Å². The lowest BCUT2D eigenvalue weighted by Gasteiger charge is -2.30. The molecule has 2 rings (SSSR count). The third-order valence-corrected chi connectivity index (χ3v) is 2.94. The van der Waals surface area contributed by atoms with Crippen molar-refractivity contribution in [1.82, 2.24) is 4.98 Å². The molecule has 0 atom stereocenters. The molecule has 1 amide bonds. The van der Waals surface area contributed by atoms with Crippen LogP contribution in [0.2, 0.25) is 0 Å². The monoisotopic (exact) mass is 254 g/mol. The fourth-order valence-electron chi connectivity index (χ4n) is 1.97. The minimum absolute atomic E-state index is 0.0750. The summed E-state index contributed by atoms with van der Waals surface area (Å²) in [4.78, 5) is 17.4. The van der Waals surface area contributed by atoms with Gasteiger partial charge in [0.25, 0.3) is 0 Å². The van der Waals surface area contributed by atoms with Crippen molar-refractivity contribution < 1.29 is 18.7 Å². The van der Waals surface area contributed by atoms with E-state index in [1.165, 1.54) is 25.2 Å². The van der Waals surface area contributed by atoms with Crippen molar-refractivity contribution in [1.29, 1.82) is 0 Å². The van der Waals surface area contributed by atoms with E-state index in [1.54, 1.807) is 0 Å². The lowest BCUT2D eigenvalue weighted by Crippen LogP contribution is -2.42. The highest BCUT2D eigenvalue weighted by Gasteiger charge is 2.27. The molecule has 0 N–H and O–H groups in total. The van der Waals surface area contributed by atoms with Gasteiger partial charge >= 0.3 is 0 Å². The second kappa shape index (κ2) is 5.41. The summed E-state index contributed by atoms with van der Waals surface area (Å²) >= 11 is 0. The zero-order valence-electron chi connectivity index (χ0n) is 10.4. The van der Waals surface area contributed by atoms with Crippen LogP contribution < -0.4 is 4.90 Å². The molecule has 0 aromatic carbocycles. The molecule has 1 aliphatic heterocycles. The number of hydrogen-bond acceptors (Lipinski definition) is 4. The molecule has 0 unspecified atom stereocenters. The van der Waals surface area contributed by atoms with Gasteiger partial charge in [-0.2, -0.15) is 0 Å². The lowest BCUT2D eigenvalue weighted by molar-refractivity contribution is -0.123. The fourth-order valence-corrected chi connectivity index (χ4v) is 1.97. The summed E-state index contributed by atoms with van der Waals surface area (Å²) in [5.74, 6) is -0.533. The number of carbonyl (C=O) groups is 1. The Morgan fingerprint density at radius 2 is 2.17 bits per heavy atom. The Bertz CT molecular complexity index is 449. The van der Waals surface area contributed by atoms with E-state index in [0.29, 0.717) is 18.5 Å². The zero-order chi connectivity index (χ0) is 13.1. The molecule has 0 fully saturated rings. The maximum atomic E-state index is 13.2. The number of aromatic nitrogens is 1. The van der Waals surface area contributed by atoms with Gasteiger partial charge in [0.1, 0.15) is 5.82 Å². The highest BCUT2D eigenvalue weighted by atomic mass is 19.1. The standard InChI is InChI=1S/C12H15FN2O3/c1-17-12(18-2)7-15-10-5-8(13)6-14-9(10)3-4-11(15)16/h5-6,12H,3-4,7H2,1-2H3. The number of anilines is 1. The molecule has 0 bridgehead atoms. The number of hydrogen-bond donors (Lipinski definition) is 0. The zero-order valence-corrected chi connectivity index (χ0v) is 10.4. The molecule has 1 aromatic rings. The number of ether oxygens (including phenoxy) is 2. The maximum Gasteiger partial charge on any atom is 0.227 e. The Kier molecular flexibility index (Phi) is 3.88. The molecule has 6 heteroatoms. The van der Waals surface area contributed by atoms with Crippen molar-refractivity contribution in [3.05, 3.63) is 23.8 Å². The smallest absolute Gasteiger partial charge is 0.227 e. The second-order valence-electron chi connectivity index (χ2n) is 4.02. The highest BCUT2D eigenvalue weighted by molar-refractivity contribution is 5.96. The summed E-state index contributed by atoms with van der Waals surface area (Å²) in [5.41, 5.74) is 1.23. The van der Waals surface area contributed by atoms with Crippen LogP contribution in [0.1, 0.15) is 12.1 Å². The number of aryl methyl sites for hydroxylation is 1. The Labute approximate surface area is 105 Å². The molecule has 0 spiro atoms. The third-order valence-electron chi connectivity index (χ3n) is 2.94. The second-order valence-corrected chi connectivity index (χ2v) is 4.02. The van der Waals surface area contributed by atoms with Crippen molar-refractivity contribution in [3.63, 3.8) is 0 Å². The lowest BCUT2D eigenvalue weighted by atomic mass is 10.1. The van der Waals surface area contributed by atoms with Gasteiger partial charge in [-0.05, 0) is 0 Å². The predicted octanol–water partition coefficient (Wildman–Crippen LogP) is 1.12. The van der Waals surface area contributed by atoms with E-state index >= 15 is 0 Å². The third kappa shape index (κ3) is 2.49. The molecule has 0 saturated heterocycles. The summed E-state index contributed by atoms with van der Waals surface area (Å²) in [7, 11) is 2.99. The van der Waals surface area contributed by atoms with Gasteiger partial charge in [-0.15, -0.1) is 0 Å². The molecular formula is C12H15FN2O3. The number of nitrogens with zero attached hydrogens (tertiary/aromatic N) is 2. The Morgan fingerprint density at radius 3 is 2.83 bits per heavy atom. The van der Waals surface area contributed by atoms with Crippen LogP contribution in [-0.4, -0.2) is 37.9 Å². The molecule has 1 aromatic heterocycles. The molecule has 0 saturated carbocycles. The van der Waals surface area contributed by atoms with Crippen molar-refractivity contribution in [3.8, 4) is 0 Å². The number of carbonyl (C=O) groups excluding carboxylic acids is 1. The van der Waals surface area contributed by atoms with E-state index in [9.17, 15) is 9.18 Å². The van der Waals surface area contributed by atoms with E-state index in [2.05, 4.69) is 4.98 Å². The van der Waals surface area contributed by atoms with Gasteiger partial charge in [-0.25, -0.2) is 4.39 Å². The first-order valence-electron chi connectivity index (χ1n) is 5.66. The van der Waals surface area contributed by atoms with Crippen LogP contribution >= 0.6 is 0 Å². The van der Waals surface area contributed by atoms with Crippen molar-refractivity contribution >= 4 is 11.6 Å². The molecule has 18 heavy (non-hydrogen) atoms. The van der Waals surface area contributed by atoms with Crippen LogP contribution in [0.15, 0.2) is 12.3 Å². The summed E-state index contributed by atoms with van der Waals surface area (Å²) in [6.07, 6.45) is 1.53. The maximum absolute atomic E-state index is 13.2. The van der Waals surface area contributed by atoms with E-state index in [-0.39, 0.29) is 12.5 Å². The number of pyridine rings is 1. The minimum Gasteiger partial charge on any atom is -0.354 e. The summed E-state index contributed by atoms with van der Waals surface area (Å²) in [6.45, 7) is 0.226. The summed E-state index contributed by atoms with van der Waals surface area (Å²) < 4.78 is 23.4. The van der Waals surface area contributed by atoms with Crippen molar-refractivity contribution in [2.45, 2.75) is 19.1 Å². The van der Waals surface area contributed by atoms with Gasteiger partial charge in [0.05, 0.1) is 24.1 Å². The molecule has 0 radical (unpaired) electrons. The Hall–Kier alpha value is -1.53. The largest absolute Gasteiger partial charge is 0.354 e. The van der Waals surface area contributed by atoms with Gasteiger partial charge in [0.15, 0.2) is 6.29 Å². The van der Waals surface area contributed by atoms with E-state index < -0.39 is 12.1 Å². The first-order valence-corrected chi connectivity index (χ1v) is 5.66. The van der Waals surface area contributed by atoms with Crippen molar-refractivity contribution in [2.75, 3.05) is 25.7 Å². The van der Waals surface area contributed by atoms with Crippen LogP contribution in [0.3, 0.4) is 0 Å². The fraction of sp³-hybridized carbons (Fsp3) is 0.500. The van der Waals surface area contributed by atoms with Crippen LogP contribution in [0.25, 0.3) is 0 Å². The van der Waals surface area contributed by atoms with E-state index in [1.807, 2.05) is 0 Å². The average Bonchev–Trinajstić information content (AvgIpc) is 2.38. The predicted molar refractivity (Wildman–Crippen MR) is 62.7 cm³/mol. The average molecular weight is 254 g/mol. The Balaban J connectivity index is 2.29. The number of rotatable bonds is 4. The van der Waals surface area contributed by atoms with Crippen LogP contribution in [0.4, 0.5) is 10.1 Å². The normalized spacial score (nSPS) is 15.1. The molecule has 5 nitrogen and oxygen atoms in total. The molecule has 0 aliphatic carbocycles. The number of methoxy groups -OCH3 is 2. The molecule has 1 aliphatic rings. The number of halogens is 1.